The van der Waals surface area contributed by atoms with Crippen molar-refractivity contribution in [1.82, 2.24) is 0 Å². The zero-order valence-corrected chi connectivity index (χ0v) is 11.1. The Hall–Kier alpha value is -0.740. The van der Waals surface area contributed by atoms with Crippen LogP contribution in [0.1, 0.15) is 19.4 Å². The Kier molecular flexibility index (Phi) is 3.86. The second-order valence-corrected chi connectivity index (χ2v) is 7.08. The van der Waals surface area contributed by atoms with Crippen LogP contribution in [0.4, 0.5) is 0 Å². The highest BCUT2D eigenvalue weighted by Crippen LogP contribution is 2.28. The normalized spacial score (nSPS) is 12.5. The number of rotatable bonds is 4. The molecule has 0 N–H and O–H groups in total. The molecule has 0 aliphatic heterocycles. The summed E-state index contributed by atoms with van der Waals surface area (Å²) in [5.74, 6) is 0.604. The Morgan fingerprint density at radius 2 is 2.00 bits per heavy atom. The number of benzene rings is 1. The van der Waals surface area contributed by atoms with Gasteiger partial charge in [-0.2, -0.15) is 0 Å². The minimum atomic E-state index is -3.52. The molecule has 0 unspecified atom stereocenters. The summed E-state index contributed by atoms with van der Waals surface area (Å²) < 4.78 is 27.3. The highest BCUT2D eigenvalue weighted by Gasteiger charge is 2.27. The molecule has 0 heterocycles. The molecule has 0 saturated heterocycles. The maximum atomic E-state index is 11.1. The first-order valence-electron chi connectivity index (χ1n) is 4.81. The molecule has 1 aromatic rings. The first kappa shape index (κ1) is 13.3. The van der Waals surface area contributed by atoms with Crippen LogP contribution in [-0.4, -0.2) is 21.3 Å². The van der Waals surface area contributed by atoms with Crippen LogP contribution >= 0.6 is 10.7 Å². The maximum Gasteiger partial charge on any atom is 0.233 e. The predicted octanol–water partition coefficient (Wildman–Crippen LogP) is 2.54. The SMILES string of the molecule is COc1cccc(C(C)(C)CS(=O)(=O)Cl)c1. The molecule has 1 aromatic carbocycles. The lowest BCUT2D eigenvalue weighted by Gasteiger charge is -2.23. The average Bonchev–Trinajstić information content (AvgIpc) is 2.14. The molecule has 3 nitrogen and oxygen atoms in total. The van der Waals surface area contributed by atoms with Crippen LogP contribution in [0.2, 0.25) is 0 Å². The summed E-state index contributed by atoms with van der Waals surface area (Å²) in [4.78, 5) is 0. The second-order valence-electron chi connectivity index (χ2n) is 4.30. The lowest BCUT2D eigenvalue weighted by molar-refractivity contribution is 0.412. The Labute approximate surface area is 101 Å². The van der Waals surface area contributed by atoms with Crippen LogP contribution in [0.25, 0.3) is 0 Å². The van der Waals surface area contributed by atoms with Crippen LogP contribution in [0, 0.1) is 0 Å². The molecule has 16 heavy (non-hydrogen) atoms. The summed E-state index contributed by atoms with van der Waals surface area (Å²) in [5, 5.41) is 0. The zero-order valence-electron chi connectivity index (χ0n) is 9.53. The van der Waals surface area contributed by atoms with Crippen molar-refractivity contribution >= 4 is 19.7 Å². The van der Waals surface area contributed by atoms with E-state index in [4.69, 9.17) is 15.4 Å². The molecule has 0 spiro atoms. The Morgan fingerprint density at radius 1 is 1.38 bits per heavy atom. The van der Waals surface area contributed by atoms with E-state index in [1.807, 2.05) is 38.1 Å². The van der Waals surface area contributed by atoms with E-state index in [0.29, 0.717) is 5.75 Å². The second kappa shape index (κ2) is 4.63. The van der Waals surface area contributed by atoms with Crippen molar-refractivity contribution in [3.8, 4) is 5.75 Å². The monoisotopic (exact) mass is 262 g/mol. The van der Waals surface area contributed by atoms with Gasteiger partial charge < -0.3 is 4.74 Å². The molecule has 0 fully saturated rings. The van der Waals surface area contributed by atoms with Crippen molar-refractivity contribution in [2.75, 3.05) is 12.9 Å². The average molecular weight is 263 g/mol. The molecular formula is C11H15ClO3S. The molecule has 1 rings (SSSR count). The van der Waals surface area contributed by atoms with Gasteiger partial charge in [-0.1, -0.05) is 26.0 Å². The largest absolute Gasteiger partial charge is 0.497 e. The Morgan fingerprint density at radius 3 is 2.50 bits per heavy atom. The van der Waals surface area contributed by atoms with E-state index in [-0.39, 0.29) is 5.75 Å². The standard InChI is InChI=1S/C11H15ClO3S/c1-11(2,8-16(12,13)14)9-5-4-6-10(7-9)15-3/h4-7H,8H2,1-3H3. The number of halogens is 1. The topological polar surface area (TPSA) is 43.4 Å². The summed E-state index contributed by atoms with van der Waals surface area (Å²) in [6.07, 6.45) is 0. The van der Waals surface area contributed by atoms with E-state index in [2.05, 4.69) is 0 Å². The summed E-state index contributed by atoms with van der Waals surface area (Å²) in [7, 11) is 3.34. The lowest BCUT2D eigenvalue weighted by atomic mass is 9.87. The minimum absolute atomic E-state index is 0.102. The summed E-state index contributed by atoms with van der Waals surface area (Å²) in [6.45, 7) is 3.67. The fraction of sp³-hybridized carbons (Fsp3) is 0.455. The lowest BCUT2D eigenvalue weighted by Crippen LogP contribution is -2.25. The molecule has 0 aliphatic rings. The molecule has 90 valence electrons. The van der Waals surface area contributed by atoms with Crippen molar-refractivity contribution in [2.24, 2.45) is 0 Å². The molecule has 0 bridgehead atoms. The van der Waals surface area contributed by atoms with Crippen LogP contribution in [-0.2, 0) is 14.5 Å². The number of methoxy groups -OCH3 is 1. The Bertz CT molecular complexity index is 466. The van der Waals surface area contributed by atoms with Gasteiger partial charge in [-0.15, -0.1) is 0 Å². The van der Waals surface area contributed by atoms with Crippen molar-refractivity contribution in [2.45, 2.75) is 19.3 Å². The highest BCUT2D eigenvalue weighted by atomic mass is 35.7. The fourth-order valence-electron chi connectivity index (χ4n) is 1.56. The van der Waals surface area contributed by atoms with Crippen LogP contribution < -0.4 is 4.74 Å². The van der Waals surface area contributed by atoms with Gasteiger partial charge in [-0.05, 0) is 17.7 Å². The van der Waals surface area contributed by atoms with Crippen LogP contribution in [0.3, 0.4) is 0 Å². The van der Waals surface area contributed by atoms with Crippen LogP contribution in [0.5, 0.6) is 5.75 Å². The quantitative estimate of drug-likeness (QED) is 0.784. The first-order valence-corrected chi connectivity index (χ1v) is 7.29. The third-order valence-corrected chi connectivity index (χ3v) is 3.78. The number of hydrogen-bond acceptors (Lipinski definition) is 3. The van der Waals surface area contributed by atoms with E-state index in [1.54, 1.807) is 7.11 Å². The van der Waals surface area contributed by atoms with E-state index >= 15 is 0 Å². The molecule has 0 amide bonds. The molecule has 0 aliphatic carbocycles. The smallest absolute Gasteiger partial charge is 0.233 e. The number of hydrogen-bond donors (Lipinski definition) is 0. The molecule has 0 radical (unpaired) electrons. The first-order chi connectivity index (χ1) is 7.24. The minimum Gasteiger partial charge on any atom is -0.497 e. The van der Waals surface area contributed by atoms with E-state index in [1.165, 1.54) is 0 Å². The molecular weight excluding hydrogens is 248 g/mol. The molecule has 5 heteroatoms. The van der Waals surface area contributed by atoms with Gasteiger partial charge in [0.05, 0.1) is 12.9 Å². The van der Waals surface area contributed by atoms with Gasteiger partial charge in [0.15, 0.2) is 0 Å². The number of ether oxygens (including phenoxy) is 1. The van der Waals surface area contributed by atoms with Crippen molar-refractivity contribution in [3.63, 3.8) is 0 Å². The molecule has 0 saturated carbocycles. The van der Waals surface area contributed by atoms with Gasteiger partial charge in [0.2, 0.25) is 9.05 Å². The van der Waals surface area contributed by atoms with Gasteiger partial charge in [0.25, 0.3) is 0 Å². The maximum absolute atomic E-state index is 11.1. The molecule has 0 atom stereocenters. The summed E-state index contributed by atoms with van der Waals surface area (Å²) in [6, 6.07) is 7.33. The fourth-order valence-corrected chi connectivity index (χ4v) is 3.41. The predicted molar refractivity (Wildman–Crippen MR) is 65.7 cm³/mol. The zero-order chi connectivity index (χ0) is 12.4. The Balaban J connectivity index is 3.06. The van der Waals surface area contributed by atoms with Crippen molar-refractivity contribution < 1.29 is 13.2 Å². The van der Waals surface area contributed by atoms with Gasteiger partial charge in [-0.25, -0.2) is 8.42 Å². The third-order valence-electron chi connectivity index (χ3n) is 2.38. The van der Waals surface area contributed by atoms with Gasteiger partial charge in [-0.3, -0.25) is 0 Å². The summed E-state index contributed by atoms with van der Waals surface area (Å²) in [5.41, 5.74) is 0.353. The van der Waals surface area contributed by atoms with Crippen molar-refractivity contribution in [1.29, 1.82) is 0 Å². The van der Waals surface area contributed by atoms with E-state index in [9.17, 15) is 8.42 Å². The van der Waals surface area contributed by atoms with Gasteiger partial charge in [0.1, 0.15) is 5.75 Å². The third kappa shape index (κ3) is 3.68. The van der Waals surface area contributed by atoms with Crippen molar-refractivity contribution in [3.05, 3.63) is 29.8 Å². The highest BCUT2D eigenvalue weighted by molar-refractivity contribution is 8.13. The summed E-state index contributed by atoms with van der Waals surface area (Å²) >= 11 is 0. The van der Waals surface area contributed by atoms with E-state index in [0.717, 1.165) is 5.56 Å². The molecule has 0 aromatic heterocycles. The van der Waals surface area contributed by atoms with Crippen LogP contribution in [0.15, 0.2) is 24.3 Å². The van der Waals surface area contributed by atoms with E-state index < -0.39 is 14.5 Å². The van der Waals surface area contributed by atoms with Gasteiger partial charge in [0, 0.05) is 16.1 Å². The van der Waals surface area contributed by atoms with Gasteiger partial charge >= 0.3 is 0 Å².